The smallest absolute Gasteiger partial charge is 0.244 e. The van der Waals surface area contributed by atoms with Crippen LogP contribution in [0.25, 0.3) is 0 Å². The summed E-state index contributed by atoms with van der Waals surface area (Å²) in [7, 11) is 3.47. The van der Waals surface area contributed by atoms with E-state index in [0.717, 1.165) is 19.3 Å². The molecular formula is C13H25N3O2. The van der Waals surface area contributed by atoms with Gasteiger partial charge in [0, 0.05) is 27.1 Å². The summed E-state index contributed by atoms with van der Waals surface area (Å²) in [6, 6.07) is -0.261. The Hall–Kier alpha value is -1.10. The van der Waals surface area contributed by atoms with Gasteiger partial charge in [-0.25, -0.2) is 0 Å². The Morgan fingerprint density at radius 3 is 2.61 bits per heavy atom. The number of hydrogen-bond donors (Lipinski definition) is 1. The van der Waals surface area contributed by atoms with E-state index in [-0.39, 0.29) is 23.8 Å². The SMILES string of the molecule is CCC(CN)CC(=O)N1CCCC1C(=O)N(C)C. The maximum Gasteiger partial charge on any atom is 0.244 e. The standard InChI is InChI=1S/C13H25N3O2/c1-4-10(9-14)8-12(17)16-7-5-6-11(16)13(18)15(2)3/h10-11H,4-9,14H2,1-3H3. The van der Waals surface area contributed by atoms with Gasteiger partial charge in [0.25, 0.3) is 0 Å². The summed E-state index contributed by atoms with van der Waals surface area (Å²) in [6.07, 6.45) is 3.06. The minimum Gasteiger partial charge on any atom is -0.347 e. The van der Waals surface area contributed by atoms with Gasteiger partial charge in [0.2, 0.25) is 11.8 Å². The van der Waals surface area contributed by atoms with E-state index in [1.165, 1.54) is 0 Å². The van der Waals surface area contributed by atoms with E-state index in [1.54, 1.807) is 23.9 Å². The zero-order valence-corrected chi connectivity index (χ0v) is 11.7. The molecule has 0 aromatic carbocycles. The fraction of sp³-hybridized carbons (Fsp3) is 0.846. The Balaban J connectivity index is 2.63. The van der Waals surface area contributed by atoms with E-state index < -0.39 is 0 Å². The highest BCUT2D eigenvalue weighted by Gasteiger charge is 2.35. The van der Waals surface area contributed by atoms with Gasteiger partial charge in [-0.2, -0.15) is 0 Å². The van der Waals surface area contributed by atoms with Crippen LogP contribution in [0, 0.1) is 5.92 Å². The van der Waals surface area contributed by atoms with Crippen LogP contribution in [-0.2, 0) is 9.59 Å². The van der Waals surface area contributed by atoms with Crippen LogP contribution in [0.5, 0.6) is 0 Å². The molecule has 1 rings (SSSR count). The molecule has 2 N–H and O–H groups in total. The van der Waals surface area contributed by atoms with E-state index in [1.807, 2.05) is 6.92 Å². The molecule has 0 saturated carbocycles. The van der Waals surface area contributed by atoms with Crippen molar-refractivity contribution in [3.8, 4) is 0 Å². The van der Waals surface area contributed by atoms with Crippen LogP contribution in [-0.4, -0.2) is 54.8 Å². The molecule has 1 aliphatic rings. The first-order valence-electron chi connectivity index (χ1n) is 6.71. The molecule has 2 atom stereocenters. The highest BCUT2D eigenvalue weighted by molar-refractivity contribution is 5.88. The van der Waals surface area contributed by atoms with E-state index in [0.29, 0.717) is 19.5 Å². The van der Waals surface area contributed by atoms with Gasteiger partial charge in [-0.05, 0) is 25.3 Å². The normalized spacial score (nSPS) is 20.9. The first-order chi connectivity index (χ1) is 8.51. The molecule has 104 valence electrons. The molecular weight excluding hydrogens is 230 g/mol. The summed E-state index contributed by atoms with van der Waals surface area (Å²) in [5, 5.41) is 0. The Kier molecular flexibility index (Phi) is 5.59. The molecule has 0 bridgehead atoms. The van der Waals surface area contributed by atoms with Crippen molar-refractivity contribution in [3.63, 3.8) is 0 Å². The number of rotatable bonds is 5. The van der Waals surface area contributed by atoms with Crippen molar-refractivity contribution in [2.75, 3.05) is 27.2 Å². The largest absolute Gasteiger partial charge is 0.347 e. The van der Waals surface area contributed by atoms with Gasteiger partial charge in [0.1, 0.15) is 6.04 Å². The quantitative estimate of drug-likeness (QED) is 0.775. The van der Waals surface area contributed by atoms with Crippen molar-refractivity contribution in [2.24, 2.45) is 11.7 Å². The number of likely N-dealkylation sites (N-methyl/N-ethyl adjacent to an activating group) is 1. The van der Waals surface area contributed by atoms with Crippen LogP contribution >= 0.6 is 0 Å². The first kappa shape index (κ1) is 15.0. The Morgan fingerprint density at radius 2 is 2.11 bits per heavy atom. The van der Waals surface area contributed by atoms with Crippen molar-refractivity contribution in [2.45, 2.75) is 38.6 Å². The molecule has 1 saturated heterocycles. The molecule has 0 aliphatic carbocycles. The lowest BCUT2D eigenvalue weighted by atomic mass is 10.0. The average molecular weight is 255 g/mol. The van der Waals surface area contributed by atoms with Gasteiger partial charge >= 0.3 is 0 Å². The highest BCUT2D eigenvalue weighted by atomic mass is 16.2. The number of carbonyl (C=O) groups is 2. The zero-order valence-electron chi connectivity index (χ0n) is 11.7. The van der Waals surface area contributed by atoms with Crippen LogP contribution in [0.1, 0.15) is 32.6 Å². The van der Waals surface area contributed by atoms with E-state index >= 15 is 0 Å². The number of likely N-dealkylation sites (tertiary alicyclic amines) is 1. The van der Waals surface area contributed by atoms with Crippen LogP contribution in [0.2, 0.25) is 0 Å². The molecule has 1 heterocycles. The van der Waals surface area contributed by atoms with Gasteiger partial charge < -0.3 is 15.5 Å². The predicted molar refractivity (Wildman–Crippen MR) is 70.9 cm³/mol. The number of carbonyl (C=O) groups excluding carboxylic acids is 2. The number of nitrogens with zero attached hydrogens (tertiary/aromatic N) is 2. The van der Waals surface area contributed by atoms with Crippen LogP contribution < -0.4 is 5.73 Å². The first-order valence-corrected chi connectivity index (χ1v) is 6.71. The lowest BCUT2D eigenvalue weighted by molar-refractivity contribution is -0.142. The van der Waals surface area contributed by atoms with Crippen molar-refractivity contribution in [1.29, 1.82) is 0 Å². The molecule has 0 spiro atoms. The maximum absolute atomic E-state index is 12.2. The average Bonchev–Trinajstić information content (AvgIpc) is 2.83. The number of amides is 2. The van der Waals surface area contributed by atoms with Gasteiger partial charge in [0.05, 0.1) is 0 Å². The minimum absolute atomic E-state index is 0.0293. The van der Waals surface area contributed by atoms with Crippen LogP contribution in [0.3, 0.4) is 0 Å². The third-order valence-electron chi connectivity index (χ3n) is 3.67. The highest BCUT2D eigenvalue weighted by Crippen LogP contribution is 2.21. The van der Waals surface area contributed by atoms with E-state index in [4.69, 9.17) is 5.73 Å². The summed E-state index contributed by atoms with van der Waals surface area (Å²) in [6.45, 7) is 3.27. The Bertz CT molecular complexity index is 301. The third-order valence-corrected chi connectivity index (χ3v) is 3.67. The van der Waals surface area contributed by atoms with Crippen molar-refractivity contribution in [3.05, 3.63) is 0 Å². The van der Waals surface area contributed by atoms with Crippen LogP contribution in [0.15, 0.2) is 0 Å². The van der Waals surface area contributed by atoms with Gasteiger partial charge in [-0.15, -0.1) is 0 Å². The van der Waals surface area contributed by atoms with Crippen molar-refractivity contribution in [1.82, 2.24) is 9.80 Å². The fourth-order valence-corrected chi connectivity index (χ4v) is 2.38. The van der Waals surface area contributed by atoms with Crippen molar-refractivity contribution < 1.29 is 9.59 Å². The molecule has 1 fully saturated rings. The molecule has 18 heavy (non-hydrogen) atoms. The second-order valence-electron chi connectivity index (χ2n) is 5.19. The molecule has 0 radical (unpaired) electrons. The maximum atomic E-state index is 12.2. The number of nitrogens with two attached hydrogens (primary N) is 1. The van der Waals surface area contributed by atoms with E-state index in [2.05, 4.69) is 0 Å². The molecule has 2 amide bonds. The van der Waals surface area contributed by atoms with Gasteiger partial charge in [-0.1, -0.05) is 13.3 Å². The molecule has 2 unspecified atom stereocenters. The summed E-state index contributed by atoms with van der Waals surface area (Å²) in [5.41, 5.74) is 5.63. The predicted octanol–water partition coefficient (Wildman–Crippen LogP) is 0.441. The number of hydrogen-bond acceptors (Lipinski definition) is 3. The lowest BCUT2D eigenvalue weighted by Gasteiger charge is -2.27. The summed E-state index contributed by atoms with van der Waals surface area (Å²) in [5.74, 6) is 0.333. The van der Waals surface area contributed by atoms with Gasteiger partial charge in [-0.3, -0.25) is 9.59 Å². The van der Waals surface area contributed by atoms with Crippen molar-refractivity contribution >= 4 is 11.8 Å². The molecule has 5 nitrogen and oxygen atoms in total. The third kappa shape index (κ3) is 3.45. The Morgan fingerprint density at radius 1 is 1.44 bits per heavy atom. The van der Waals surface area contributed by atoms with Gasteiger partial charge in [0.15, 0.2) is 0 Å². The van der Waals surface area contributed by atoms with Crippen LogP contribution in [0.4, 0.5) is 0 Å². The zero-order chi connectivity index (χ0) is 13.7. The molecule has 1 aliphatic heterocycles. The lowest BCUT2D eigenvalue weighted by Crippen LogP contribution is -2.46. The molecule has 0 aromatic rings. The fourth-order valence-electron chi connectivity index (χ4n) is 2.38. The topological polar surface area (TPSA) is 66.6 Å². The molecule has 5 heteroatoms. The Labute approximate surface area is 109 Å². The minimum atomic E-state index is -0.261. The summed E-state index contributed by atoms with van der Waals surface area (Å²) in [4.78, 5) is 27.5. The second-order valence-corrected chi connectivity index (χ2v) is 5.19. The van der Waals surface area contributed by atoms with E-state index in [9.17, 15) is 9.59 Å². The summed E-state index contributed by atoms with van der Waals surface area (Å²) < 4.78 is 0. The monoisotopic (exact) mass is 255 g/mol. The summed E-state index contributed by atoms with van der Waals surface area (Å²) >= 11 is 0. The second kappa shape index (κ2) is 6.73. The molecule has 0 aromatic heterocycles.